The maximum Gasteiger partial charge on any atom is 0.306 e. The van der Waals surface area contributed by atoms with Gasteiger partial charge in [0.25, 0.3) is 11.5 Å². The molecule has 2 aromatic rings. The number of hydrogen-bond acceptors (Lipinski definition) is 3. The molecule has 1 amide bonds. The molecule has 1 saturated carbocycles. The van der Waals surface area contributed by atoms with Crippen molar-refractivity contribution >= 4 is 11.9 Å². The summed E-state index contributed by atoms with van der Waals surface area (Å²) in [5, 5.41) is 12.7. The molecule has 160 valence electrons. The van der Waals surface area contributed by atoms with Gasteiger partial charge in [-0.05, 0) is 37.3 Å². The normalized spacial score (nSPS) is 16.2. The third kappa shape index (κ3) is 5.38. The number of rotatable bonds is 9. The molecular weight excluding hydrogens is 380 g/mol. The van der Waals surface area contributed by atoms with Gasteiger partial charge in [0, 0.05) is 17.8 Å². The first kappa shape index (κ1) is 21.8. The van der Waals surface area contributed by atoms with Crippen LogP contribution in [0.3, 0.4) is 0 Å². The molecule has 1 heterocycles. The minimum absolute atomic E-state index is 0.167. The molecule has 0 bridgehead atoms. The number of hydrogen-bond donors (Lipinski definition) is 2. The Balaban J connectivity index is 1.78. The summed E-state index contributed by atoms with van der Waals surface area (Å²) in [5.41, 5.74) is 0.739. The fraction of sp³-hybridized carbons (Fsp3) is 0.458. The van der Waals surface area contributed by atoms with Crippen LogP contribution in [0.1, 0.15) is 67.8 Å². The third-order valence-corrected chi connectivity index (χ3v) is 6.00. The van der Waals surface area contributed by atoms with Crippen LogP contribution < -0.4 is 10.9 Å². The standard InChI is InChI=1S/C24H30N2O4/c1-2-8-19(23(29)30)15-24(13-6-7-14-24)25-22(28)20-11-12-21(27)26(17-20)16-18-9-4-3-5-10-18/h3-5,9-12,17,19H,2,6-8,13-16H2,1H3,(H,25,28)(H,29,30). The van der Waals surface area contributed by atoms with E-state index in [9.17, 15) is 19.5 Å². The maximum atomic E-state index is 13.1. The number of nitrogens with one attached hydrogen (secondary N) is 1. The lowest BCUT2D eigenvalue weighted by atomic mass is 9.83. The Morgan fingerprint density at radius 2 is 1.83 bits per heavy atom. The summed E-state index contributed by atoms with van der Waals surface area (Å²) in [6, 6.07) is 12.6. The highest BCUT2D eigenvalue weighted by Gasteiger charge is 2.39. The van der Waals surface area contributed by atoms with E-state index in [1.165, 1.54) is 10.6 Å². The largest absolute Gasteiger partial charge is 0.481 e. The van der Waals surface area contributed by atoms with Crippen LogP contribution in [-0.2, 0) is 11.3 Å². The molecule has 1 aromatic heterocycles. The van der Waals surface area contributed by atoms with Crippen molar-refractivity contribution in [2.24, 2.45) is 5.92 Å². The molecule has 1 aliphatic carbocycles. The van der Waals surface area contributed by atoms with Gasteiger partial charge in [-0.25, -0.2) is 0 Å². The van der Waals surface area contributed by atoms with E-state index in [0.717, 1.165) is 37.7 Å². The van der Waals surface area contributed by atoms with Crippen LogP contribution in [0.25, 0.3) is 0 Å². The van der Waals surface area contributed by atoms with Gasteiger partial charge < -0.3 is 15.0 Å². The summed E-state index contributed by atoms with van der Waals surface area (Å²) in [5.74, 6) is -1.51. The molecule has 1 aromatic carbocycles. The molecule has 2 N–H and O–H groups in total. The van der Waals surface area contributed by atoms with Crippen LogP contribution in [0.15, 0.2) is 53.5 Å². The van der Waals surface area contributed by atoms with Gasteiger partial charge in [0.05, 0.1) is 18.0 Å². The summed E-state index contributed by atoms with van der Waals surface area (Å²) >= 11 is 0. The smallest absolute Gasteiger partial charge is 0.306 e. The zero-order valence-electron chi connectivity index (χ0n) is 17.5. The molecule has 1 fully saturated rings. The van der Waals surface area contributed by atoms with Crippen molar-refractivity contribution in [3.63, 3.8) is 0 Å². The SMILES string of the molecule is CCCC(CC1(NC(=O)c2ccc(=O)n(Cc3ccccc3)c2)CCCC1)C(=O)O. The number of carbonyl (C=O) groups is 2. The van der Waals surface area contributed by atoms with Crippen molar-refractivity contribution in [3.05, 3.63) is 70.1 Å². The fourth-order valence-corrected chi connectivity index (χ4v) is 4.45. The van der Waals surface area contributed by atoms with Gasteiger partial charge in [-0.3, -0.25) is 14.4 Å². The first-order chi connectivity index (χ1) is 14.4. The summed E-state index contributed by atoms with van der Waals surface area (Å²) < 4.78 is 1.53. The Bertz CT molecular complexity index is 930. The molecule has 0 aliphatic heterocycles. The molecule has 1 aliphatic rings. The van der Waals surface area contributed by atoms with E-state index in [-0.39, 0.29) is 11.5 Å². The third-order valence-electron chi connectivity index (χ3n) is 6.00. The lowest BCUT2D eigenvalue weighted by Gasteiger charge is -2.33. The Morgan fingerprint density at radius 3 is 2.47 bits per heavy atom. The number of carboxylic acids is 1. The van der Waals surface area contributed by atoms with Crippen LogP contribution in [0, 0.1) is 5.92 Å². The predicted octanol–water partition coefficient (Wildman–Crippen LogP) is 3.83. The first-order valence-corrected chi connectivity index (χ1v) is 10.7. The molecule has 3 rings (SSSR count). The lowest BCUT2D eigenvalue weighted by molar-refractivity contribution is -0.142. The molecule has 0 spiro atoms. The van der Waals surface area contributed by atoms with Crippen LogP contribution >= 0.6 is 0 Å². The number of amides is 1. The number of nitrogens with zero attached hydrogens (tertiary/aromatic N) is 1. The summed E-state index contributed by atoms with van der Waals surface area (Å²) in [6.07, 6.45) is 6.98. The van der Waals surface area contributed by atoms with Crippen LogP contribution in [0.5, 0.6) is 0 Å². The highest BCUT2D eigenvalue weighted by atomic mass is 16.4. The van der Waals surface area contributed by atoms with Crippen molar-refractivity contribution in [1.82, 2.24) is 9.88 Å². The van der Waals surface area contributed by atoms with Crippen molar-refractivity contribution in [1.29, 1.82) is 0 Å². The molecule has 6 heteroatoms. The molecule has 6 nitrogen and oxygen atoms in total. The van der Waals surface area contributed by atoms with Crippen molar-refractivity contribution in [2.45, 2.75) is 64.0 Å². The van der Waals surface area contributed by atoms with Crippen LogP contribution in [-0.4, -0.2) is 27.1 Å². The minimum atomic E-state index is -0.797. The van der Waals surface area contributed by atoms with E-state index < -0.39 is 17.4 Å². The zero-order valence-corrected chi connectivity index (χ0v) is 17.5. The summed E-state index contributed by atoms with van der Waals surface area (Å²) in [4.78, 5) is 37.0. The Labute approximate surface area is 176 Å². The highest BCUT2D eigenvalue weighted by Crippen LogP contribution is 2.36. The fourth-order valence-electron chi connectivity index (χ4n) is 4.45. The maximum absolute atomic E-state index is 13.1. The van der Waals surface area contributed by atoms with Gasteiger partial charge in [-0.2, -0.15) is 0 Å². The number of aliphatic carboxylic acids is 1. The molecule has 1 unspecified atom stereocenters. The molecular formula is C24H30N2O4. The highest BCUT2D eigenvalue weighted by molar-refractivity contribution is 5.94. The first-order valence-electron chi connectivity index (χ1n) is 10.7. The number of benzene rings is 1. The van der Waals surface area contributed by atoms with E-state index in [2.05, 4.69) is 5.32 Å². The Morgan fingerprint density at radius 1 is 1.13 bits per heavy atom. The Kier molecular flexibility index (Phi) is 7.08. The summed E-state index contributed by atoms with van der Waals surface area (Å²) in [7, 11) is 0. The van der Waals surface area contributed by atoms with Crippen molar-refractivity contribution in [3.8, 4) is 0 Å². The van der Waals surface area contributed by atoms with Crippen LogP contribution in [0.4, 0.5) is 0 Å². The predicted molar refractivity (Wildman–Crippen MR) is 116 cm³/mol. The van der Waals surface area contributed by atoms with E-state index in [0.29, 0.717) is 24.9 Å². The lowest BCUT2D eigenvalue weighted by Crippen LogP contribution is -2.48. The topological polar surface area (TPSA) is 88.4 Å². The monoisotopic (exact) mass is 410 g/mol. The average Bonchev–Trinajstić information content (AvgIpc) is 3.18. The van der Waals surface area contributed by atoms with E-state index in [1.807, 2.05) is 37.3 Å². The number of carboxylic acid groups (broad SMARTS) is 1. The second kappa shape index (κ2) is 9.74. The van der Waals surface area contributed by atoms with E-state index >= 15 is 0 Å². The van der Waals surface area contributed by atoms with Gasteiger partial charge in [0.1, 0.15) is 0 Å². The number of carbonyl (C=O) groups excluding carboxylic acids is 1. The average molecular weight is 411 g/mol. The van der Waals surface area contributed by atoms with E-state index in [1.54, 1.807) is 12.3 Å². The molecule has 0 saturated heterocycles. The quantitative estimate of drug-likeness (QED) is 0.658. The minimum Gasteiger partial charge on any atom is -0.481 e. The Hall–Kier alpha value is -2.89. The van der Waals surface area contributed by atoms with Gasteiger partial charge in [-0.15, -0.1) is 0 Å². The van der Waals surface area contributed by atoms with Crippen LogP contribution in [0.2, 0.25) is 0 Å². The second-order valence-electron chi connectivity index (χ2n) is 8.34. The van der Waals surface area contributed by atoms with Crippen molar-refractivity contribution in [2.75, 3.05) is 0 Å². The van der Waals surface area contributed by atoms with E-state index in [4.69, 9.17) is 0 Å². The van der Waals surface area contributed by atoms with Gasteiger partial charge in [0.15, 0.2) is 0 Å². The van der Waals surface area contributed by atoms with Crippen molar-refractivity contribution < 1.29 is 14.7 Å². The van der Waals surface area contributed by atoms with Gasteiger partial charge in [-0.1, -0.05) is 56.5 Å². The number of pyridine rings is 1. The second-order valence-corrected chi connectivity index (χ2v) is 8.34. The van der Waals surface area contributed by atoms with Gasteiger partial charge in [0.2, 0.25) is 0 Å². The van der Waals surface area contributed by atoms with Gasteiger partial charge >= 0.3 is 5.97 Å². The summed E-state index contributed by atoms with van der Waals surface area (Å²) in [6.45, 7) is 2.37. The molecule has 0 radical (unpaired) electrons. The zero-order chi connectivity index (χ0) is 21.6. The number of aromatic nitrogens is 1. The molecule has 1 atom stereocenters. The molecule has 30 heavy (non-hydrogen) atoms.